The lowest BCUT2D eigenvalue weighted by molar-refractivity contribution is -0.146. The molecule has 6 heteroatoms. The average Bonchev–Trinajstić information content (AvgIpc) is 2.68. The van der Waals surface area contributed by atoms with Crippen LogP contribution >= 0.6 is 0 Å². The molecule has 6 nitrogen and oxygen atoms in total. The summed E-state index contributed by atoms with van der Waals surface area (Å²) >= 11 is 0. The molecular weight excluding hydrogens is 248 g/mol. The molecule has 0 aromatic heterocycles. The summed E-state index contributed by atoms with van der Waals surface area (Å²) < 4.78 is 0. The standard InChI is InChI=1S/C13H22N2O4/c1-13(19)4-7-14(9-13)8-11(16)15-5-2-10(3-6-15)12(17)18/h10,19H,2-9H2,1H3,(H,17,18). The maximum atomic E-state index is 12.1. The summed E-state index contributed by atoms with van der Waals surface area (Å²) in [5, 5.41) is 18.8. The summed E-state index contributed by atoms with van der Waals surface area (Å²) in [4.78, 5) is 26.6. The average molecular weight is 270 g/mol. The number of rotatable bonds is 3. The van der Waals surface area contributed by atoms with E-state index in [1.54, 1.807) is 11.8 Å². The molecule has 0 aromatic rings. The topological polar surface area (TPSA) is 81.1 Å². The molecule has 19 heavy (non-hydrogen) atoms. The summed E-state index contributed by atoms with van der Waals surface area (Å²) in [6, 6.07) is 0. The van der Waals surface area contributed by atoms with Crippen LogP contribution in [0.25, 0.3) is 0 Å². The fourth-order valence-corrected chi connectivity index (χ4v) is 2.84. The minimum absolute atomic E-state index is 0.0431. The van der Waals surface area contributed by atoms with Gasteiger partial charge in [0.05, 0.1) is 18.1 Å². The van der Waals surface area contributed by atoms with E-state index in [4.69, 9.17) is 5.11 Å². The van der Waals surface area contributed by atoms with Gasteiger partial charge in [-0.2, -0.15) is 0 Å². The van der Waals surface area contributed by atoms with Gasteiger partial charge >= 0.3 is 5.97 Å². The Balaban J connectivity index is 1.77. The number of β-amino-alcohol motifs (C(OH)–C–C–N with tert-alkyl or cyclic N) is 1. The third kappa shape index (κ3) is 3.67. The smallest absolute Gasteiger partial charge is 0.306 e. The molecule has 1 unspecified atom stereocenters. The number of carbonyl (C=O) groups is 2. The second-order valence-corrected chi connectivity index (χ2v) is 5.95. The van der Waals surface area contributed by atoms with E-state index in [1.807, 2.05) is 4.90 Å². The molecule has 2 aliphatic rings. The number of carboxylic acids is 1. The van der Waals surface area contributed by atoms with Crippen molar-refractivity contribution in [2.24, 2.45) is 5.92 Å². The van der Waals surface area contributed by atoms with Crippen molar-refractivity contribution in [1.82, 2.24) is 9.80 Å². The Morgan fingerprint density at radius 1 is 1.26 bits per heavy atom. The quantitative estimate of drug-likeness (QED) is 0.740. The summed E-state index contributed by atoms with van der Waals surface area (Å²) in [7, 11) is 0. The molecule has 108 valence electrons. The predicted octanol–water partition coefficient (Wildman–Crippen LogP) is -0.234. The number of nitrogens with zero attached hydrogens (tertiary/aromatic N) is 2. The molecule has 2 rings (SSSR count). The van der Waals surface area contributed by atoms with Gasteiger partial charge in [0.2, 0.25) is 5.91 Å². The number of hydrogen-bond acceptors (Lipinski definition) is 4. The van der Waals surface area contributed by atoms with Crippen LogP contribution in [-0.4, -0.2) is 70.2 Å². The number of hydrogen-bond donors (Lipinski definition) is 2. The number of aliphatic hydroxyl groups is 1. The highest BCUT2D eigenvalue weighted by Crippen LogP contribution is 2.21. The van der Waals surface area contributed by atoms with Gasteiger partial charge in [0.15, 0.2) is 0 Å². The summed E-state index contributed by atoms with van der Waals surface area (Å²) in [6.07, 6.45) is 1.78. The van der Waals surface area contributed by atoms with Crippen molar-refractivity contribution in [1.29, 1.82) is 0 Å². The van der Waals surface area contributed by atoms with E-state index in [0.717, 1.165) is 6.54 Å². The van der Waals surface area contributed by atoms with Crippen molar-refractivity contribution in [3.8, 4) is 0 Å². The molecule has 2 heterocycles. The van der Waals surface area contributed by atoms with Gasteiger partial charge in [-0.1, -0.05) is 0 Å². The highest BCUT2D eigenvalue weighted by molar-refractivity contribution is 5.79. The zero-order valence-electron chi connectivity index (χ0n) is 11.3. The van der Waals surface area contributed by atoms with E-state index in [1.165, 1.54) is 0 Å². The van der Waals surface area contributed by atoms with Gasteiger partial charge in [0, 0.05) is 26.2 Å². The number of piperidine rings is 1. The van der Waals surface area contributed by atoms with Crippen molar-refractivity contribution in [2.45, 2.75) is 31.8 Å². The van der Waals surface area contributed by atoms with Crippen LogP contribution in [0.3, 0.4) is 0 Å². The summed E-state index contributed by atoms with van der Waals surface area (Å²) in [5.41, 5.74) is -0.684. The predicted molar refractivity (Wildman–Crippen MR) is 68.6 cm³/mol. The first-order chi connectivity index (χ1) is 8.87. The Hall–Kier alpha value is -1.14. The largest absolute Gasteiger partial charge is 0.481 e. The number of carbonyl (C=O) groups excluding carboxylic acids is 1. The maximum absolute atomic E-state index is 12.1. The van der Waals surface area contributed by atoms with Crippen LogP contribution in [0.5, 0.6) is 0 Å². The van der Waals surface area contributed by atoms with E-state index in [0.29, 0.717) is 45.4 Å². The van der Waals surface area contributed by atoms with Gasteiger partial charge in [-0.25, -0.2) is 0 Å². The highest BCUT2D eigenvalue weighted by Gasteiger charge is 2.33. The van der Waals surface area contributed by atoms with Crippen LogP contribution < -0.4 is 0 Å². The number of aliphatic carboxylic acids is 1. The molecule has 0 aromatic carbocycles. The Labute approximate surface area is 113 Å². The Bertz CT molecular complexity index is 362. The first-order valence-corrected chi connectivity index (χ1v) is 6.83. The van der Waals surface area contributed by atoms with Gasteiger partial charge < -0.3 is 15.1 Å². The van der Waals surface area contributed by atoms with Crippen LogP contribution in [-0.2, 0) is 9.59 Å². The molecule has 2 N–H and O–H groups in total. The van der Waals surface area contributed by atoms with Crippen LogP contribution in [0.4, 0.5) is 0 Å². The molecule has 2 aliphatic heterocycles. The van der Waals surface area contributed by atoms with Crippen molar-refractivity contribution in [3.63, 3.8) is 0 Å². The molecule has 0 aliphatic carbocycles. The van der Waals surface area contributed by atoms with Gasteiger partial charge in [-0.15, -0.1) is 0 Å². The van der Waals surface area contributed by atoms with Crippen LogP contribution in [0.1, 0.15) is 26.2 Å². The molecule has 0 bridgehead atoms. The third-order valence-electron chi connectivity index (χ3n) is 4.09. The van der Waals surface area contributed by atoms with E-state index in [9.17, 15) is 14.7 Å². The zero-order valence-corrected chi connectivity index (χ0v) is 11.3. The first-order valence-electron chi connectivity index (χ1n) is 6.83. The number of carboxylic acid groups (broad SMARTS) is 1. The van der Waals surface area contributed by atoms with E-state index < -0.39 is 11.6 Å². The SMILES string of the molecule is CC1(O)CCN(CC(=O)N2CCC(C(=O)O)CC2)C1. The minimum Gasteiger partial charge on any atom is -0.481 e. The van der Waals surface area contributed by atoms with Crippen molar-refractivity contribution in [2.75, 3.05) is 32.7 Å². The molecule has 1 atom stereocenters. The van der Waals surface area contributed by atoms with Gasteiger partial charge in [0.25, 0.3) is 0 Å². The van der Waals surface area contributed by atoms with Crippen molar-refractivity contribution >= 4 is 11.9 Å². The van der Waals surface area contributed by atoms with Crippen molar-refractivity contribution < 1.29 is 19.8 Å². The normalized spacial score (nSPS) is 29.7. The van der Waals surface area contributed by atoms with Crippen LogP contribution in [0.15, 0.2) is 0 Å². The lowest BCUT2D eigenvalue weighted by atomic mass is 9.97. The lowest BCUT2D eigenvalue weighted by Gasteiger charge is -2.31. The lowest BCUT2D eigenvalue weighted by Crippen LogP contribution is -2.45. The minimum atomic E-state index is -0.761. The second kappa shape index (κ2) is 5.46. The Morgan fingerprint density at radius 3 is 2.37 bits per heavy atom. The fourth-order valence-electron chi connectivity index (χ4n) is 2.84. The van der Waals surface area contributed by atoms with E-state index in [-0.39, 0.29) is 11.8 Å². The molecule has 2 fully saturated rings. The molecule has 0 saturated carbocycles. The Morgan fingerprint density at radius 2 is 1.89 bits per heavy atom. The number of likely N-dealkylation sites (tertiary alicyclic amines) is 2. The monoisotopic (exact) mass is 270 g/mol. The van der Waals surface area contributed by atoms with Crippen LogP contribution in [0, 0.1) is 5.92 Å². The van der Waals surface area contributed by atoms with Crippen molar-refractivity contribution in [3.05, 3.63) is 0 Å². The third-order valence-corrected chi connectivity index (χ3v) is 4.09. The van der Waals surface area contributed by atoms with E-state index in [2.05, 4.69) is 0 Å². The van der Waals surface area contributed by atoms with Gasteiger partial charge in [0.1, 0.15) is 0 Å². The fraction of sp³-hybridized carbons (Fsp3) is 0.846. The zero-order chi connectivity index (χ0) is 14.0. The summed E-state index contributed by atoms with van der Waals surface area (Å²) in [6.45, 7) is 4.44. The van der Waals surface area contributed by atoms with E-state index >= 15 is 0 Å². The molecule has 0 radical (unpaired) electrons. The Kier molecular flexibility index (Phi) is 4.10. The highest BCUT2D eigenvalue weighted by atomic mass is 16.4. The number of amides is 1. The molecule has 0 spiro atoms. The maximum Gasteiger partial charge on any atom is 0.306 e. The van der Waals surface area contributed by atoms with Crippen LogP contribution in [0.2, 0.25) is 0 Å². The molecular formula is C13H22N2O4. The van der Waals surface area contributed by atoms with Gasteiger partial charge in [-0.05, 0) is 26.2 Å². The van der Waals surface area contributed by atoms with Gasteiger partial charge in [-0.3, -0.25) is 14.5 Å². The first kappa shape index (κ1) is 14.3. The summed E-state index contributed by atoms with van der Waals surface area (Å²) in [5.74, 6) is -1.03. The molecule has 2 saturated heterocycles. The second-order valence-electron chi connectivity index (χ2n) is 5.95. The molecule has 1 amide bonds.